The molecule has 0 unspecified atom stereocenters. The van der Waals surface area contributed by atoms with Gasteiger partial charge in [-0.25, -0.2) is 8.42 Å². The first-order valence-electron chi connectivity index (χ1n) is 9.79. The predicted octanol–water partition coefficient (Wildman–Crippen LogP) is 5.43. The lowest BCUT2D eigenvalue weighted by molar-refractivity contribution is 0.602. The molecule has 0 spiro atoms. The summed E-state index contributed by atoms with van der Waals surface area (Å²) in [5.41, 5.74) is 1.07. The summed E-state index contributed by atoms with van der Waals surface area (Å²) in [6, 6.07) is 39.2. The summed E-state index contributed by atoms with van der Waals surface area (Å²) in [6.45, 7) is 0. The zero-order valence-electron chi connectivity index (χ0n) is 17.2. The van der Waals surface area contributed by atoms with E-state index in [2.05, 4.69) is 107 Å². The highest BCUT2D eigenvalue weighted by Crippen LogP contribution is 2.32. The first kappa shape index (κ1) is 23.4. The van der Waals surface area contributed by atoms with Crippen molar-refractivity contribution in [2.45, 2.75) is 10.2 Å². The molecule has 0 saturated carbocycles. The van der Waals surface area contributed by atoms with E-state index in [0.29, 0.717) is 4.90 Å². The molecule has 0 saturated heterocycles. The minimum atomic E-state index is -3.04. The lowest BCUT2D eigenvalue weighted by Gasteiger charge is -2.18. The van der Waals surface area contributed by atoms with Crippen LogP contribution in [0.1, 0.15) is 5.56 Å². The van der Waals surface area contributed by atoms with Gasteiger partial charge in [0.2, 0.25) is 0 Å². The molecule has 0 aliphatic rings. The Balaban J connectivity index is 0.000000196. The fraction of sp³-hybridized carbons (Fsp3) is 0.0769. The van der Waals surface area contributed by atoms with E-state index in [-0.39, 0.29) is 0 Å². The van der Waals surface area contributed by atoms with Gasteiger partial charge < -0.3 is 0 Å². The van der Waals surface area contributed by atoms with Crippen LogP contribution in [-0.4, -0.2) is 14.7 Å². The van der Waals surface area contributed by atoms with Crippen LogP contribution in [0.5, 0.6) is 0 Å². The Labute approximate surface area is 194 Å². The van der Waals surface area contributed by atoms with Crippen molar-refractivity contribution in [2.24, 2.45) is 0 Å². The Bertz CT molecular complexity index is 1070. The van der Waals surface area contributed by atoms with Gasteiger partial charge in [-0.2, -0.15) is 0 Å². The lowest BCUT2D eigenvalue weighted by Crippen LogP contribution is -2.20. The van der Waals surface area contributed by atoms with E-state index in [0.717, 1.165) is 10.9 Å². The molecule has 4 aromatic rings. The maximum Gasteiger partial charge on any atom is 0.175 e. The van der Waals surface area contributed by atoms with Crippen molar-refractivity contribution in [1.82, 2.24) is 0 Å². The first-order chi connectivity index (χ1) is 15.0. The van der Waals surface area contributed by atoms with Crippen LogP contribution in [0.4, 0.5) is 0 Å². The maximum absolute atomic E-state index is 11.0. The molecule has 158 valence electrons. The quantitative estimate of drug-likeness (QED) is 0.265. The molecule has 5 heteroatoms. The average molecular weight is 511 g/mol. The second-order valence-corrected chi connectivity index (χ2v) is 11.7. The molecule has 31 heavy (non-hydrogen) atoms. The molecule has 0 bridgehead atoms. The Kier molecular flexibility index (Phi) is 8.60. The number of alkyl halides is 1. The molecule has 4 aromatic carbocycles. The smallest absolute Gasteiger partial charge is 0.175 e. The van der Waals surface area contributed by atoms with Gasteiger partial charge in [0.15, 0.2) is 9.84 Å². The summed E-state index contributed by atoms with van der Waals surface area (Å²) in [5, 5.41) is 4.94. The van der Waals surface area contributed by atoms with Crippen molar-refractivity contribution in [3.05, 3.63) is 121 Å². The highest BCUT2D eigenvalue weighted by atomic mass is 79.9. The van der Waals surface area contributed by atoms with Crippen molar-refractivity contribution < 1.29 is 8.42 Å². The van der Waals surface area contributed by atoms with Gasteiger partial charge in [-0.3, -0.25) is 0 Å². The summed E-state index contributed by atoms with van der Waals surface area (Å²) in [7, 11) is -3.49. The third kappa shape index (κ3) is 6.87. The first-order valence-corrected chi connectivity index (χ1v) is 14.1. The third-order valence-corrected chi connectivity index (χ3v) is 8.77. The molecule has 2 nitrogen and oxygen atoms in total. The number of hydrogen-bond acceptors (Lipinski definition) is 2. The van der Waals surface area contributed by atoms with Crippen LogP contribution in [0, 0.1) is 0 Å². The van der Waals surface area contributed by atoms with Crippen LogP contribution in [0.15, 0.2) is 120 Å². The number of halogens is 1. The van der Waals surface area contributed by atoms with Crippen molar-refractivity contribution in [1.29, 1.82) is 0 Å². The van der Waals surface area contributed by atoms with Crippen molar-refractivity contribution in [2.75, 3.05) is 6.26 Å². The molecule has 0 aliphatic carbocycles. The SMILES string of the molecule is CS(=O)(=O)c1ccc(CBr)cc1.c1ccc(P(c2ccccc2)c2ccccc2)cc1. The zero-order valence-corrected chi connectivity index (χ0v) is 20.5. The molecule has 0 amide bonds. The van der Waals surface area contributed by atoms with Crippen LogP contribution in [0.3, 0.4) is 0 Å². The molecular weight excluding hydrogens is 487 g/mol. The van der Waals surface area contributed by atoms with Gasteiger partial charge in [-0.15, -0.1) is 0 Å². The summed E-state index contributed by atoms with van der Waals surface area (Å²) in [4.78, 5) is 0.368. The van der Waals surface area contributed by atoms with Gasteiger partial charge in [-0.05, 0) is 41.5 Å². The van der Waals surface area contributed by atoms with E-state index in [1.807, 2.05) is 0 Å². The van der Waals surface area contributed by atoms with Crippen LogP contribution >= 0.6 is 23.9 Å². The van der Waals surface area contributed by atoms with Gasteiger partial charge in [0, 0.05) is 11.6 Å². The van der Waals surface area contributed by atoms with Crippen LogP contribution < -0.4 is 15.9 Å². The maximum atomic E-state index is 11.0. The highest BCUT2D eigenvalue weighted by Gasteiger charge is 2.15. The molecule has 0 aromatic heterocycles. The molecular formula is C26H24BrO2PS. The Morgan fingerprint density at radius 2 is 0.968 bits per heavy atom. The Morgan fingerprint density at radius 1 is 0.613 bits per heavy atom. The highest BCUT2D eigenvalue weighted by molar-refractivity contribution is 9.08. The van der Waals surface area contributed by atoms with Crippen LogP contribution in [0.25, 0.3) is 0 Å². The molecule has 0 radical (unpaired) electrons. The zero-order chi connectivity index (χ0) is 22.1. The van der Waals surface area contributed by atoms with E-state index in [9.17, 15) is 8.42 Å². The molecule has 0 N–H and O–H groups in total. The largest absolute Gasteiger partial charge is 0.224 e. The molecule has 0 heterocycles. The summed E-state index contributed by atoms with van der Waals surface area (Å²) < 4.78 is 22.0. The van der Waals surface area contributed by atoms with E-state index in [4.69, 9.17) is 0 Å². The Morgan fingerprint density at radius 3 is 1.26 bits per heavy atom. The summed E-state index contributed by atoms with van der Waals surface area (Å²) in [5.74, 6) is 0. The predicted molar refractivity (Wildman–Crippen MR) is 137 cm³/mol. The molecule has 4 rings (SSSR count). The molecule has 0 atom stereocenters. The van der Waals surface area contributed by atoms with E-state index < -0.39 is 17.8 Å². The fourth-order valence-corrected chi connectivity index (χ4v) is 6.31. The van der Waals surface area contributed by atoms with Gasteiger partial charge in [0.05, 0.1) is 4.90 Å². The number of sulfone groups is 1. The Hall–Kier alpha value is -2.26. The van der Waals surface area contributed by atoms with Crippen molar-refractivity contribution in [3.8, 4) is 0 Å². The minimum Gasteiger partial charge on any atom is -0.224 e. The minimum absolute atomic E-state index is 0.368. The lowest BCUT2D eigenvalue weighted by atomic mass is 10.2. The van der Waals surface area contributed by atoms with Crippen molar-refractivity contribution in [3.63, 3.8) is 0 Å². The van der Waals surface area contributed by atoms with E-state index in [1.54, 1.807) is 24.3 Å². The summed E-state index contributed by atoms with van der Waals surface area (Å²) >= 11 is 3.28. The second-order valence-electron chi connectivity index (χ2n) is 6.89. The standard InChI is InChI=1S/C18H15P.C8H9BrO2S/c1-4-10-16(11-5-1)19(17-12-6-2-7-13-17)18-14-8-3-9-15-18;1-12(10,11)8-4-2-7(6-9)3-5-8/h1-15H;2-5H,6H2,1H3. The normalized spacial score (nSPS) is 10.9. The van der Waals surface area contributed by atoms with Gasteiger partial charge in [-0.1, -0.05) is 119 Å². The monoisotopic (exact) mass is 510 g/mol. The van der Waals surface area contributed by atoms with Gasteiger partial charge >= 0.3 is 0 Å². The van der Waals surface area contributed by atoms with E-state index in [1.165, 1.54) is 22.2 Å². The molecule has 0 aliphatic heterocycles. The molecule has 0 fully saturated rings. The van der Waals surface area contributed by atoms with Crippen LogP contribution in [0.2, 0.25) is 0 Å². The topological polar surface area (TPSA) is 34.1 Å². The second kappa shape index (κ2) is 11.4. The average Bonchev–Trinajstić information content (AvgIpc) is 2.81. The van der Waals surface area contributed by atoms with Gasteiger partial charge in [0.1, 0.15) is 0 Å². The van der Waals surface area contributed by atoms with Crippen molar-refractivity contribution >= 4 is 49.6 Å². The number of benzene rings is 4. The number of rotatable bonds is 5. The van der Waals surface area contributed by atoms with Gasteiger partial charge in [0.25, 0.3) is 0 Å². The third-order valence-electron chi connectivity index (χ3n) is 4.55. The number of hydrogen-bond donors (Lipinski definition) is 0. The summed E-state index contributed by atoms with van der Waals surface area (Å²) in [6.07, 6.45) is 1.20. The van der Waals surface area contributed by atoms with Crippen LogP contribution in [-0.2, 0) is 15.2 Å². The fourth-order valence-electron chi connectivity index (χ4n) is 3.00. The van der Waals surface area contributed by atoms with E-state index >= 15 is 0 Å².